The van der Waals surface area contributed by atoms with Gasteiger partial charge >= 0.3 is 11.9 Å². The summed E-state index contributed by atoms with van der Waals surface area (Å²) in [6.07, 6.45) is 16.9. The van der Waals surface area contributed by atoms with E-state index in [1.54, 1.807) is 0 Å². The van der Waals surface area contributed by atoms with Crippen LogP contribution in [0.1, 0.15) is 96.3 Å². The fourth-order valence-corrected chi connectivity index (χ4v) is 7.06. The van der Waals surface area contributed by atoms with Gasteiger partial charge in [0.1, 0.15) is 0 Å². The fraction of sp³-hybridized carbons (Fsp3) is 0.917. The van der Waals surface area contributed by atoms with Crippen LogP contribution < -0.4 is 0 Å². The molecule has 0 aromatic rings. The summed E-state index contributed by atoms with van der Waals surface area (Å²) in [4.78, 5) is 23.9. The van der Waals surface area contributed by atoms with E-state index < -0.39 is 0 Å². The Hall–Kier alpha value is -1.06. The molecular formula is C24H38O4. The van der Waals surface area contributed by atoms with Crippen molar-refractivity contribution in [1.82, 2.24) is 0 Å². The van der Waals surface area contributed by atoms with Crippen LogP contribution in [-0.4, -0.2) is 25.2 Å². The Morgan fingerprint density at radius 3 is 1.96 bits per heavy atom. The second-order valence-corrected chi connectivity index (χ2v) is 10.4. The highest BCUT2D eigenvalue weighted by Crippen LogP contribution is 2.61. The van der Waals surface area contributed by atoms with Gasteiger partial charge in [0.15, 0.2) is 0 Å². The van der Waals surface area contributed by atoms with E-state index in [4.69, 9.17) is 9.47 Å². The van der Waals surface area contributed by atoms with Crippen LogP contribution in [0, 0.1) is 29.1 Å². The third-order valence-electron chi connectivity index (χ3n) is 8.03. The van der Waals surface area contributed by atoms with Crippen LogP contribution in [0.4, 0.5) is 0 Å². The highest BCUT2D eigenvalue weighted by molar-refractivity contribution is 5.72. The summed E-state index contributed by atoms with van der Waals surface area (Å²) in [5.74, 6) is 3.08. The predicted octanol–water partition coefficient (Wildman–Crippen LogP) is 5.43. The zero-order chi connectivity index (χ0) is 19.4. The summed E-state index contributed by atoms with van der Waals surface area (Å²) in [5, 5.41) is 0. The van der Waals surface area contributed by atoms with Crippen molar-refractivity contribution in [2.45, 2.75) is 96.3 Å². The van der Waals surface area contributed by atoms with Gasteiger partial charge in [0.2, 0.25) is 0 Å². The number of hydrogen-bond donors (Lipinski definition) is 0. The number of carbonyl (C=O) groups excluding carboxylic acids is 2. The minimum atomic E-state index is -0.160. The van der Waals surface area contributed by atoms with Crippen LogP contribution in [0.15, 0.2) is 0 Å². The van der Waals surface area contributed by atoms with Gasteiger partial charge in [-0.15, -0.1) is 0 Å². The number of hydrogen-bond acceptors (Lipinski definition) is 4. The summed E-state index contributed by atoms with van der Waals surface area (Å²) < 4.78 is 10.9. The van der Waals surface area contributed by atoms with Gasteiger partial charge in [0.25, 0.3) is 0 Å². The zero-order valence-corrected chi connectivity index (χ0v) is 17.5. The second kappa shape index (κ2) is 9.17. The number of ether oxygens (including phenoxy) is 2. The average Bonchev–Trinajstić information content (AvgIpc) is 2.66. The largest absolute Gasteiger partial charge is 0.466 e. The molecule has 5 aliphatic carbocycles. The molecule has 0 saturated heterocycles. The zero-order valence-electron chi connectivity index (χ0n) is 17.5. The molecule has 0 atom stereocenters. The van der Waals surface area contributed by atoms with Gasteiger partial charge in [0, 0.05) is 12.8 Å². The molecule has 4 nitrogen and oxygen atoms in total. The molecule has 158 valence electrons. The molecule has 0 radical (unpaired) electrons. The van der Waals surface area contributed by atoms with Crippen molar-refractivity contribution < 1.29 is 19.1 Å². The molecular weight excluding hydrogens is 352 g/mol. The van der Waals surface area contributed by atoms with Crippen LogP contribution in [-0.2, 0) is 19.1 Å². The molecule has 0 spiro atoms. The quantitative estimate of drug-likeness (QED) is 0.493. The van der Waals surface area contributed by atoms with Crippen LogP contribution in [0.3, 0.4) is 0 Å². The summed E-state index contributed by atoms with van der Waals surface area (Å²) in [5.41, 5.74) is 0.470. The first-order chi connectivity index (χ1) is 13.6. The Balaban J connectivity index is 1.06. The third-order valence-corrected chi connectivity index (χ3v) is 8.03. The van der Waals surface area contributed by atoms with Crippen LogP contribution in [0.2, 0.25) is 0 Å². The molecule has 0 N–H and O–H groups in total. The first-order valence-corrected chi connectivity index (χ1v) is 11.9. The number of rotatable bonds is 9. The lowest BCUT2D eigenvalue weighted by Crippen LogP contribution is -2.46. The molecule has 0 aliphatic heterocycles. The minimum Gasteiger partial charge on any atom is -0.466 e. The van der Waals surface area contributed by atoms with Gasteiger partial charge in [-0.1, -0.05) is 19.3 Å². The normalized spacial score (nSPS) is 34.4. The maximum Gasteiger partial charge on any atom is 0.305 e. The van der Waals surface area contributed by atoms with E-state index in [1.165, 1.54) is 70.6 Å². The van der Waals surface area contributed by atoms with Gasteiger partial charge in [-0.05, 0) is 93.3 Å². The minimum absolute atomic E-state index is 0.148. The Bertz CT molecular complexity index is 514. The maximum atomic E-state index is 12.0. The molecule has 4 bridgehead atoms. The SMILES string of the molecule is O=C(CCCC(=O)OCC1CCCCC1)OCCC12CC3CC(CC(C3)C1)C2. The van der Waals surface area contributed by atoms with E-state index >= 15 is 0 Å². The Kier molecular flexibility index (Phi) is 6.62. The summed E-state index contributed by atoms with van der Waals surface area (Å²) in [6.45, 7) is 1.13. The number of carbonyl (C=O) groups is 2. The topological polar surface area (TPSA) is 52.6 Å². The Morgan fingerprint density at radius 1 is 0.786 bits per heavy atom. The molecule has 5 saturated carbocycles. The van der Waals surface area contributed by atoms with E-state index in [0.29, 0.717) is 43.8 Å². The van der Waals surface area contributed by atoms with Crippen molar-refractivity contribution in [3.8, 4) is 0 Å². The lowest BCUT2D eigenvalue weighted by molar-refractivity contribution is -0.147. The molecule has 5 fully saturated rings. The molecule has 5 rings (SSSR count). The lowest BCUT2D eigenvalue weighted by atomic mass is 9.49. The van der Waals surface area contributed by atoms with Crippen molar-refractivity contribution in [2.24, 2.45) is 29.1 Å². The van der Waals surface area contributed by atoms with E-state index in [-0.39, 0.29) is 11.9 Å². The van der Waals surface area contributed by atoms with Crippen molar-refractivity contribution in [1.29, 1.82) is 0 Å². The van der Waals surface area contributed by atoms with Gasteiger partial charge < -0.3 is 9.47 Å². The monoisotopic (exact) mass is 390 g/mol. The lowest BCUT2D eigenvalue weighted by Gasteiger charge is -2.57. The Morgan fingerprint density at radius 2 is 1.36 bits per heavy atom. The molecule has 0 aromatic carbocycles. The first-order valence-electron chi connectivity index (χ1n) is 11.9. The summed E-state index contributed by atoms with van der Waals surface area (Å²) in [7, 11) is 0. The van der Waals surface area contributed by atoms with Gasteiger partial charge in [-0.2, -0.15) is 0 Å². The van der Waals surface area contributed by atoms with Crippen molar-refractivity contribution in [3.63, 3.8) is 0 Å². The molecule has 0 aromatic heterocycles. The van der Waals surface area contributed by atoms with Crippen molar-refractivity contribution in [2.75, 3.05) is 13.2 Å². The van der Waals surface area contributed by atoms with E-state index in [0.717, 1.165) is 24.2 Å². The van der Waals surface area contributed by atoms with E-state index in [9.17, 15) is 9.59 Å². The number of esters is 2. The smallest absolute Gasteiger partial charge is 0.305 e. The fourth-order valence-electron chi connectivity index (χ4n) is 7.06. The van der Waals surface area contributed by atoms with E-state index in [1.807, 2.05) is 0 Å². The summed E-state index contributed by atoms with van der Waals surface area (Å²) >= 11 is 0. The Labute approximate surface area is 170 Å². The molecule has 0 unspecified atom stereocenters. The first kappa shape index (κ1) is 20.2. The third kappa shape index (κ3) is 5.30. The molecule has 0 amide bonds. The molecule has 4 heteroatoms. The summed E-state index contributed by atoms with van der Waals surface area (Å²) in [6, 6.07) is 0. The van der Waals surface area contributed by atoms with Crippen molar-refractivity contribution in [3.05, 3.63) is 0 Å². The predicted molar refractivity (Wildman–Crippen MR) is 108 cm³/mol. The van der Waals surface area contributed by atoms with Crippen molar-refractivity contribution >= 4 is 11.9 Å². The highest BCUT2D eigenvalue weighted by Gasteiger charge is 2.50. The maximum absolute atomic E-state index is 12.0. The highest BCUT2D eigenvalue weighted by atomic mass is 16.5. The second-order valence-electron chi connectivity index (χ2n) is 10.4. The van der Waals surface area contributed by atoms with Crippen LogP contribution >= 0.6 is 0 Å². The van der Waals surface area contributed by atoms with Crippen LogP contribution in [0.25, 0.3) is 0 Å². The van der Waals surface area contributed by atoms with E-state index in [2.05, 4.69) is 0 Å². The van der Waals surface area contributed by atoms with Gasteiger partial charge in [-0.25, -0.2) is 0 Å². The molecule has 28 heavy (non-hydrogen) atoms. The molecule has 0 heterocycles. The van der Waals surface area contributed by atoms with Gasteiger partial charge in [0.05, 0.1) is 13.2 Å². The van der Waals surface area contributed by atoms with Crippen LogP contribution in [0.5, 0.6) is 0 Å². The van der Waals surface area contributed by atoms with Gasteiger partial charge in [-0.3, -0.25) is 9.59 Å². The average molecular weight is 391 g/mol. The molecule has 5 aliphatic rings. The standard InChI is InChI=1S/C24H38O4/c25-22(7-4-8-23(26)28-17-18-5-2-1-3-6-18)27-10-9-24-14-19-11-20(15-24)13-21(12-19)16-24/h18-21H,1-17H2.